The number of rotatable bonds is 0. The maximum atomic E-state index is 2.31. The summed E-state index contributed by atoms with van der Waals surface area (Å²) in [4.78, 5) is 0. The van der Waals surface area contributed by atoms with Gasteiger partial charge in [0, 0.05) is 0 Å². The Balaban J connectivity index is 0. The third-order valence-corrected chi connectivity index (χ3v) is 1.02. The van der Waals surface area contributed by atoms with Crippen LogP contribution in [0.1, 0.15) is 20.3 Å². The summed E-state index contributed by atoms with van der Waals surface area (Å²) in [6.07, 6.45) is 3.64. The number of hydrogen-bond donors (Lipinski definition) is 0. The minimum absolute atomic E-state index is 0. The topological polar surface area (TPSA) is 0 Å². The fourth-order valence-electron chi connectivity index (χ4n) is 0.204. The predicted octanol–water partition coefficient (Wildman–Crippen LogP) is -1.76. The number of halogens is 1. The zero-order valence-corrected chi connectivity index (χ0v) is 8.44. The first kappa shape index (κ1) is 11.3. The molecule has 7 heavy (non-hydrogen) atoms. The zero-order valence-electron chi connectivity index (χ0n) is 4.87. The summed E-state index contributed by atoms with van der Waals surface area (Å²) < 4.78 is 0. The molecule has 0 radical (unpaired) electrons. The first-order valence-corrected chi connectivity index (χ1v) is 2.05. The molecule has 0 atom stereocenters. The van der Waals surface area contributed by atoms with E-state index in [9.17, 15) is 0 Å². The molecule has 1 aliphatic rings. The minimum Gasteiger partial charge on any atom is -1.00 e. The van der Waals surface area contributed by atoms with Gasteiger partial charge in [-0.2, -0.15) is 5.41 Å². The number of hydrogen-bond acceptors (Lipinski definition) is 0. The summed E-state index contributed by atoms with van der Waals surface area (Å²) in [6.45, 7) is 4.49. The summed E-state index contributed by atoms with van der Waals surface area (Å²) in [6, 6.07) is 0. The molecule has 2 heteroatoms. The van der Waals surface area contributed by atoms with Gasteiger partial charge in [-0.25, -0.2) is 6.42 Å². The Morgan fingerprint density at radius 3 is 1.57 bits per heavy atom. The normalized spacial score (nSPS) is 21.4. The third-order valence-electron chi connectivity index (χ3n) is 1.02. The van der Waals surface area contributed by atoms with E-state index in [2.05, 4.69) is 20.3 Å². The van der Waals surface area contributed by atoms with Crippen molar-refractivity contribution in [3.8, 4) is 0 Å². The van der Waals surface area contributed by atoms with Gasteiger partial charge in [-0.05, 0) is 0 Å². The van der Waals surface area contributed by atoms with E-state index in [4.69, 9.17) is 0 Å². The molecule has 1 aliphatic carbocycles. The van der Waals surface area contributed by atoms with Crippen molar-refractivity contribution in [2.45, 2.75) is 20.3 Å². The maximum Gasteiger partial charge on any atom is 2.00 e. The van der Waals surface area contributed by atoms with Gasteiger partial charge in [-0.15, -0.1) is 0 Å². The Hall–Kier alpha value is 1.50. The molecule has 0 aromatic heterocycles. The van der Waals surface area contributed by atoms with Crippen molar-refractivity contribution < 1.29 is 24.0 Å². The van der Waals surface area contributed by atoms with Crippen molar-refractivity contribution in [1.82, 2.24) is 0 Å². The Kier molecular flexibility index (Phi) is 5.67. The van der Waals surface area contributed by atoms with Crippen molar-refractivity contribution in [3.63, 3.8) is 0 Å². The van der Waals surface area contributed by atoms with Crippen LogP contribution in [0.3, 0.4) is 0 Å². The van der Waals surface area contributed by atoms with Crippen LogP contribution >= 0.6 is 0 Å². The van der Waals surface area contributed by atoms with Crippen LogP contribution in [0.4, 0.5) is 0 Å². The van der Waals surface area contributed by atoms with Crippen LogP contribution in [0.2, 0.25) is 0 Å². The van der Waals surface area contributed by atoms with Crippen LogP contribution in [0, 0.1) is 11.8 Å². The second-order valence-electron chi connectivity index (χ2n) is 2.40. The molecule has 0 unspecified atom stereocenters. The predicted molar refractivity (Wildman–Crippen MR) is 28.5 cm³/mol. The minimum atomic E-state index is 0. The molecule has 0 amide bonds. The molecule has 0 aromatic carbocycles. The largest absolute Gasteiger partial charge is 2.00 e. The molecule has 0 aliphatic heterocycles. The van der Waals surface area contributed by atoms with Crippen molar-refractivity contribution >= 4 is 23.1 Å². The SMILES string of the molecule is CC1(C)[CH-]C1.[I-].[Mg+2]. The standard InChI is InChI=1S/C5H9.HI.Mg/c1-5(2)3-4-5;;/h3H,4H2,1-2H3;1H;/q-1;;+2/p-1. The van der Waals surface area contributed by atoms with Crippen LogP contribution in [-0.2, 0) is 0 Å². The van der Waals surface area contributed by atoms with Gasteiger partial charge >= 0.3 is 23.1 Å². The van der Waals surface area contributed by atoms with Crippen LogP contribution in [0.5, 0.6) is 0 Å². The maximum absolute atomic E-state index is 2.31. The molecule has 0 spiro atoms. The van der Waals surface area contributed by atoms with Gasteiger partial charge in [-0.1, -0.05) is 13.8 Å². The van der Waals surface area contributed by atoms with Gasteiger partial charge in [0.1, 0.15) is 0 Å². The molecule has 0 aromatic rings. The van der Waals surface area contributed by atoms with Gasteiger partial charge in [0.15, 0.2) is 0 Å². The second-order valence-corrected chi connectivity index (χ2v) is 2.40. The van der Waals surface area contributed by atoms with Gasteiger partial charge in [0.05, 0.1) is 0 Å². The van der Waals surface area contributed by atoms with E-state index >= 15 is 0 Å². The molecule has 0 N–H and O–H groups in total. The summed E-state index contributed by atoms with van der Waals surface area (Å²) in [5, 5.41) is 0. The van der Waals surface area contributed by atoms with E-state index in [1.807, 2.05) is 0 Å². The van der Waals surface area contributed by atoms with Crippen molar-refractivity contribution in [2.75, 3.05) is 0 Å². The van der Waals surface area contributed by atoms with Crippen molar-refractivity contribution in [2.24, 2.45) is 5.41 Å². The molecule has 0 heterocycles. The van der Waals surface area contributed by atoms with Crippen molar-refractivity contribution in [1.29, 1.82) is 0 Å². The Bertz CT molecular complexity index is 46.0. The van der Waals surface area contributed by atoms with Crippen molar-refractivity contribution in [3.05, 3.63) is 6.42 Å². The Morgan fingerprint density at radius 1 is 1.43 bits per heavy atom. The molecule has 1 saturated carbocycles. The van der Waals surface area contributed by atoms with Crippen LogP contribution in [0.15, 0.2) is 0 Å². The zero-order chi connectivity index (χ0) is 3.91. The van der Waals surface area contributed by atoms with E-state index in [0.29, 0.717) is 5.41 Å². The van der Waals surface area contributed by atoms with Gasteiger partial charge in [-0.3, -0.25) is 0 Å². The third kappa shape index (κ3) is 5.37. The van der Waals surface area contributed by atoms with E-state index < -0.39 is 0 Å². The fraction of sp³-hybridized carbons (Fsp3) is 0.800. The fourth-order valence-corrected chi connectivity index (χ4v) is 0.204. The van der Waals surface area contributed by atoms with E-state index in [0.717, 1.165) is 0 Å². The van der Waals surface area contributed by atoms with Crippen LogP contribution in [-0.4, -0.2) is 23.1 Å². The van der Waals surface area contributed by atoms with Gasteiger partial charge < -0.3 is 30.4 Å². The van der Waals surface area contributed by atoms with Crippen LogP contribution in [0.25, 0.3) is 0 Å². The summed E-state index contributed by atoms with van der Waals surface area (Å²) in [5.74, 6) is 0. The average molecular weight is 220 g/mol. The quantitative estimate of drug-likeness (QED) is 0.258. The summed E-state index contributed by atoms with van der Waals surface area (Å²) in [5.41, 5.74) is 0.625. The first-order valence-electron chi connectivity index (χ1n) is 2.05. The van der Waals surface area contributed by atoms with Gasteiger partial charge in [0.2, 0.25) is 0 Å². The van der Waals surface area contributed by atoms with E-state index in [1.165, 1.54) is 6.42 Å². The van der Waals surface area contributed by atoms with E-state index in [-0.39, 0.29) is 47.0 Å². The molecule has 38 valence electrons. The Labute approximate surface area is 78.6 Å². The molecular weight excluding hydrogens is 211 g/mol. The molecule has 0 nitrogen and oxygen atoms in total. The van der Waals surface area contributed by atoms with E-state index in [1.54, 1.807) is 0 Å². The van der Waals surface area contributed by atoms with Crippen LogP contribution < -0.4 is 24.0 Å². The molecule has 0 bridgehead atoms. The monoisotopic (exact) mass is 220 g/mol. The van der Waals surface area contributed by atoms with Gasteiger partial charge in [0.25, 0.3) is 0 Å². The molecule has 1 rings (SSSR count). The second kappa shape index (κ2) is 3.51. The summed E-state index contributed by atoms with van der Waals surface area (Å²) in [7, 11) is 0. The molecule has 1 fully saturated rings. The molecular formula is C5H9IMg. The first-order chi connectivity index (χ1) is 2.21. The average Bonchev–Trinajstić information content (AvgIpc) is 1.76. The summed E-state index contributed by atoms with van der Waals surface area (Å²) >= 11 is 0. The molecule has 0 saturated heterocycles. The smallest absolute Gasteiger partial charge is 1.00 e. The Morgan fingerprint density at radius 2 is 1.57 bits per heavy atom.